The monoisotopic (exact) mass is 322 g/mol. The number of nitrogens with zero attached hydrogens (tertiary/aromatic N) is 1. The number of hydrogen-bond acceptors (Lipinski definition) is 4. The van der Waals surface area contributed by atoms with E-state index in [0.717, 1.165) is 16.0 Å². The number of nitrogens with one attached hydrogen (secondary N) is 1. The smallest absolute Gasteiger partial charge is 0.260 e. The molecular formula is C18H14N2O4. The Hall–Kier alpha value is -3.02. The fourth-order valence-corrected chi connectivity index (χ4v) is 3.52. The van der Waals surface area contributed by atoms with Crippen LogP contribution in [0.15, 0.2) is 47.2 Å². The van der Waals surface area contributed by atoms with E-state index in [1.54, 1.807) is 6.92 Å². The van der Waals surface area contributed by atoms with Gasteiger partial charge in [-0.2, -0.15) is 0 Å². The molecule has 4 amide bonds. The molecule has 1 aliphatic carbocycles. The van der Waals surface area contributed by atoms with E-state index in [1.807, 2.05) is 24.3 Å². The normalized spacial score (nSPS) is 23.1. The minimum absolute atomic E-state index is 0.233. The number of hydrogen-bond donors (Lipinski definition) is 1. The van der Waals surface area contributed by atoms with E-state index < -0.39 is 23.6 Å². The van der Waals surface area contributed by atoms with Crippen molar-refractivity contribution in [2.75, 3.05) is 0 Å². The Kier molecular flexibility index (Phi) is 3.03. The highest BCUT2D eigenvalue weighted by atomic mass is 16.2. The molecule has 2 heterocycles. The van der Waals surface area contributed by atoms with Gasteiger partial charge in [-0.05, 0) is 24.5 Å². The molecule has 3 aliphatic rings. The number of benzene rings is 1. The van der Waals surface area contributed by atoms with Crippen LogP contribution in [0.1, 0.15) is 18.1 Å². The third-order valence-electron chi connectivity index (χ3n) is 4.63. The van der Waals surface area contributed by atoms with Gasteiger partial charge in [-0.1, -0.05) is 24.3 Å². The second kappa shape index (κ2) is 4.99. The first-order chi connectivity index (χ1) is 11.5. The number of carbonyl (C=O) groups excluding carboxylic acids is 4. The predicted molar refractivity (Wildman–Crippen MR) is 83.1 cm³/mol. The molecule has 1 N–H and O–H groups in total. The van der Waals surface area contributed by atoms with Gasteiger partial charge in [0.15, 0.2) is 0 Å². The first-order valence-corrected chi connectivity index (χ1v) is 7.68. The summed E-state index contributed by atoms with van der Waals surface area (Å²) in [6.07, 6.45) is 1.88. The van der Waals surface area contributed by atoms with E-state index in [1.165, 1.54) is 6.08 Å². The SMILES string of the molecule is CC1=CC(=O)N(C2=C3C(=O)NC(=O)C3Cc3cccc(c3)C2)C1=O. The summed E-state index contributed by atoms with van der Waals surface area (Å²) in [5.41, 5.74) is 2.71. The molecule has 0 aromatic heterocycles. The molecule has 6 nitrogen and oxygen atoms in total. The Balaban J connectivity index is 1.92. The van der Waals surface area contributed by atoms with Crippen molar-refractivity contribution in [3.05, 3.63) is 58.3 Å². The van der Waals surface area contributed by atoms with Gasteiger partial charge in [-0.3, -0.25) is 24.5 Å². The maximum Gasteiger partial charge on any atom is 0.260 e. The summed E-state index contributed by atoms with van der Waals surface area (Å²) < 4.78 is 0. The second-order valence-corrected chi connectivity index (χ2v) is 6.24. The van der Waals surface area contributed by atoms with Gasteiger partial charge in [-0.25, -0.2) is 4.90 Å². The van der Waals surface area contributed by atoms with Crippen LogP contribution in [-0.2, 0) is 32.0 Å². The Morgan fingerprint density at radius 2 is 1.88 bits per heavy atom. The molecule has 0 spiro atoms. The standard InChI is InChI=1S/C18H14N2O4/c1-9-5-14(21)20(18(9)24)13-8-11-4-2-3-10(6-11)7-12-15(13)17(23)19-16(12)22/h2-6,12H,7-8H2,1H3,(H,19,22,23). The summed E-state index contributed by atoms with van der Waals surface area (Å²) in [7, 11) is 0. The summed E-state index contributed by atoms with van der Waals surface area (Å²) >= 11 is 0. The van der Waals surface area contributed by atoms with Crippen LogP contribution in [-0.4, -0.2) is 28.5 Å². The predicted octanol–water partition coefficient (Wildman–Crippen LogP) is 0.627. The zero-order valence-corrected chi connectivity index (χ0v) is 13.0. The van der Waals surface area contributed by atoms with E-state index in [-0.39, 0.29) is 17.9 Å². The molecule has 2 bridgehead atoms. The maximum atomic E-state index is 12.4. The van der Waals surface area contributed by atoms with Crippen LogP contribution in [0.3, 0.4) is 0 Å². The molecule has 1 aromatic rings. The number of rotatable bonds is 1. The van der Waals surface area contributed by atoms with Crippen molar-refractivity contribution >= 4 is 23.6 Å². The Bertz CT molecular complexity index is 894. The molecule has 1 aromatic carbocycles. The van der Waals surface area contributed by atoms with Gasteiger partial charge in [-0.15, -0.1) is 0 Å². The Labute approximate surface area is 137 Å². The molecule has 2 aliphatic heterocycles. The fourth-order valence-electron chi connectivity index (χ4n) is 3.52. The van der Waals surface area contributed by atoms with Crippen molar-refractivity contribution < 1.29 is 19.2 Å². The summed E-state index contributed by atoms with van der Waals surface area (Å²) in [5, 5.41) is 2.32. The average molecular weight is 322 g/mol. The summed E-state index contributed by atoms with van der Waals surface area (Å²) in [4.78, 5) is 50.3. The molecule has 24 heavy (non-hydrogen) atoms. The fraction of sp³-hybridized carbons (Fsp3) is 0.222. The molecule has 1 saturated heterocycles. The molecule has 1 unspecified atom stereocenters. The minimum Gasteiger partial charge on any atom is -0.292 e. The molecular weight excluding hydrogens is 308 g/mol. The van der Waals surface area contributed by atoms with E-state index in [2.05, 4.69) is 5.32 Å². The number of imide groups is 2. The van der Waals surface area contributed by atoms with Crippen LogP contribution in [0.4, 0.5) is 0 Å². The maximum absolute atomic E-state index is 12.4. The largest absolute Gasteiger partial charge is 0.292 e. The van der Waals surface area contributed by atoms with Gasteiger partial charge in [0.2, 0.25) is 5.91 Å². The first kappa shape index (κ1) is 14.6. The molecule has 120 valence electrons. The lowest BCUT2D eigenvalue weighted by Crippen LogP contribution is -2.34. The lowest BCUT2D eigenvalue weighted by molar-refractivity contribution is -0.135. The van der Waals surface area contributed by atoms with E-state index in [9.17, 15) is 19.2 Å². The molecule has 1 atom stereocenters. The van der Waals surface area contributed by atoms with Gasteiger partial charge in [0, 0.05) is 23.8 Å². The third-order valence-corrected chi connectivity index (χ3v) is 4.63. The van der Waals surface area contributed by atoms with Crippen molar-refractivity contribution in [3.63, 3.8) is 0 Å². The van der Waals surface area contributed by atoms with Crippen LogP contribution in [0.2, 0.25) is 0 Å². The summed E-state index contributed by atoms with van der Waals surface area (Å²) in [5.74, 6) is -2.49. The van der Waals surface area contributed by atoms with Crippen LogP contribution >= 0.6 is 0 Å². The van der Waals surface area contributed by atoms with Crippen molar-refractivity contribution in [1.82, 2.24) is 10.2 Å². The summed E-state index contributed by atoms with van der Waals surface area (Å²) in [6, 6.07) is 7.60. The van der Waals surface area contributed by atoms with Crippen molar-refractivity contribution in [2.45, 2.75) is 19.8 Å². The van der Waals surface area contributed by atoms with Crippen LogP contribution in [0, 0.1) is 5.92 Å². The number of allylic oxidation sites excluding steroid dienone is 1. The molecule has 0 saturated carbocycles. The first-order valence-electron chi connectivity index (χ1n) is 7.68. The molecule has 1 fully saturated rings. The number of amides is 4. The van der Waals surface area contributed by atoms with Gasteiger partial charge < -0.3 is 0 Å². The van der Waals surface area contributed by atoms with Crippen molar-refractivity contribution in [3.8, 4) is 0 Å². The van der Waals surface area contributed by atoms with Gasteiger partial charge in [0.05, 0.1) is 11.5 Å². The van der Waals surface area contributed by atoms with E-state index >= 15 is 0 Å². The highest BCUT2D eigenvalue weighted by Crippen LogP contribution is 2.34. The van der Waals surface area contributed by atoms with Crippen LogP contribution in [0.25, 0.3) is 0 Å². The van der Waals surface area contributed by atoms with Crippen molar-refractivity contribution in [2.24, 2.45) is 5.92 Å². The van der Waals surface area contributed by atoms with Gasteiger partial charge in [0.25, 0.3) is 17.7 Å². The highest BCUT2D eigenvalue weighted by Gasteiger charge is 2.43. The van der Waals surface area contributed by atoms with E-state index in [4.69, 9.17) is 0 Å². The molecule has 0 radical (unpaired) electrons. The number of carbonyl (C=O) groups is 4. The van der Waals surface area contributed by atoms with Gasteiger partial charge in [0.1, 0.15) is 0 Å². The minimum atomic E-state index is -0.676. The Morgan fingerprint density at radius 1 is 1.12 bits per heavy atom. The Morgan fingerprint density at radius 3 is 2.58 bits per heavy atom. The second-order valence-electron chi connectivity index (χ2n) is 6.24. The zero-order valence-electron chi connectivity index (χ0n) is 13.0. The topological polar surface area (TPSA) is 83.6 Å². The van der Waals surface area contributed by atoms with Gasteiger partial charge >= 0.3 is 0 Å². The summed E-state index contributed by atoms with van der Waals surface area (Å²) in [6.45, 7) is 1.56. The van der Waals surface area contributed by atoms with Crippen LogP contribution < -0.4 is 5.32 Å². The molecule has 4 rings (SSSR count). The quantitative estimate of drug-likeness (QED) is 0.769. The average Bonchev–Trinajstić information content (AvgIpc) is 2.93. The van der Waals surface area contributed by atoms with E-state index in [0.29, 0.717) is 17.7 Å². The van der Waals surface area contributed by atoms with Crippen LogP contribution in [0.5, 0.6) is 0 Å². The van der Waals surface area contributed by atoms with Crippen molar-refractivity contribution in [1.29, 1.82) is 0 Å². The lowest BCUT2D eigenvalue weighted by atomic mass is 9.86. The number of fused-ring (bicyclic) bond motifs is 3. The highest BCUT2D eigenvalue weighted by molar-refractivity contribution is 6.20. The third kappa shape index (κ3) is 2.03. The lowest BCUT2D eigenvalue weighted by Gasteiger charge is -2.24. The zero-order chi connectivity index (χ0) is 17.0. The molecule has 6 heteroatoms.